The van der Waals surface area contributed by atoms with Gasteiger partial charge in [0.15, 0.2) is 6.61 Å². The number of esters is 1. The van der Waals surface area contributed by atoms with Gasteiger partial charge in [-0.15, -0.1) is 11.8 Å². The number of fused-ring (bicyclic) bond motifs is 2. The van der Waals surface area contributed by atoms with Crippen molar-refractivity contribution < 1.29 is 14.3 Å². The Balaban J connectivity index is 1.45. The van der Waals surface area contributed by atoms with Crippen molar-refractivity contribution >= 4 is 52.9 Å². The molecule has 1 aliphatic heterocycles. The predicted molar refractivity (Wildman–Crippen MR) is 122 cm³/mol. The van der Waals surface area contributed by atoms with Crippen LogP contribution in [0.2, 0.25) is 0 Å². The van der Waals surface area contributed by atoms with Crippen molar-refractivity contribution in [2.45, 2.75) is 14.7 Å². The van der Waals surface area contributed by atoms with E-state index in [9.17, 15) is 9.59 Å². The minimum absolute atomic E-state index is 0.290. The van der Waals surface area contributed by atoms with E-state index in [0.717, 1.165) is 31.6 Å². The van der Waals surface area contributed by atoms with Crippen LogP contribution in [0.4, 0.5) is 11.4 Å². The van der Waals surface area contributed by atoms with Crippen LogP contribution in [0.15, 0.2) is 93.6 Å². The minimum atomic E-state index is -0.551. The van der Waals surface area contributed by atoms with Crippen LogP contribution in [0.1, 0.15) is 5.56 Å². The van der Waals surface area contributed by atoms with Gasteiger partial charge >= 0.3 is 5.97 Å². The Bertz CT molecular complexity index is 1060. The third-order valence-corrected chi connectivity index (χ3v) is 6.42. The standard InChI is InChI=1S/C24H19NO3S2/c1-29-18-13-10-17(11-14-18)12-15-24(27)28-16-23(26)25-19-6-2-4-8-21(19)30-22-9-5-3-7-20(22)25/h2-15H,16H2,1H3. The smallest absolute Gasteiger partial charge is 0.331 e. The molecule has 0 spiro atoms. The summed E-state index contributed by atoms with van der Waals surface area (Å²) in [7, 11) is 0. The molecule has 150 valence electrons. The number of anilines is 2. The van der Waals surface area contributed by atoms with Crippen LogP contribution >= 0.6 is 23.5 Å². The number of ether oxygens (including phenoxy) is 1. The van der Waals surface area contributed by atoms with E-state index >= 15 is 0 Å². The first-order valence-electron chi connectivity index (χ1n) is 9.33. The Morgan fingerprint density at radius 3 is 2.13 bits per heavy atom. The topological polar surface area (TPSA) is 46.6 Å². The second-order valence-corrected chi connectivity index (χ2v) is 8.44. The van der Waals surface area contributed by atoms with Crippen molar-refractivity contribution in [3.8, 4) is 0 Å². The lowest BCUT2D eigenvalue weighted by Crippen LogP contribution is -2.32. The molecule has 30 heavy (non-hydrogen) atoms. The number of carbonyl (C=O) groups excluding carboxylic acids is 2. The molecule has 0 radical (unpaired) electrons. The molecule has 6 heteroatoms. The van der Waals surface area contributed by atoms with Crippen LogP contribution in [-0.4, -0.2) is 24.7 Å². The molecule has 0 saturated heterocycles. The summed E-state index contributed by atoms with van der Waals surface area (Å²) < 4.78 is 5.23. The van der Waals surface area contributed by atoms with Crippen molar-refractivity contribution in [3.63, 3.8) is 0 Å². The third-order valence-electron chi connectivity index (χ3n) is 4.55. The van der Waals surface area contributed by atoms with Crippen LogP contribution in [0.3, 0.4) is 0 Å². The first-order valence-corrected chi connectivity index (χ1v) is 11.4. The van der Waals surface area contributed by atoms with Crippen LogP contribution in [-0.2, 0) is 14.3 Å². The summed E-state index contributed by atoms with van der Waals surface area (Å²) in [6, 6.07) is 23.3. The van der Waals surface area contributed by atoms with E-state index in [1.807, 2.05) is 79.1 Å². The number of nitrogens with zero attached hydrogens (tertiary/aromatic N) is 1. The first kappa shape index (κ1) is 20.3. The number of amides is 1. The molecule has 1 aliphatic rings. The zero-order valence-corrected chi connectivity index (χ0v) is 17.9. The molecule has 3 aromatic carbocycles. The molecular formula is C24H19NO3S2. The fourth-order valence-corrected chi connectivity index (χ4v) is 4.56. The highest BCUT2D eigenvalue weighted by Crippen LogP contribution is 2.47. The van der Waals surface area contributed by atoms with Gasteiger partial charge in [-0.2, -0.15) is 0 Å². The molecule has 0 aromatic heterocycles. The average molecular weight is 434 g/mol. The molecule has 0 N–H and O–H groups in total. The molecule has 3 aromatic rings. The SMILES string of the molecule is CSc1ccc(C=CC(=O)OCC(=O)N2c3ccccc3Sc3ccccc32)cc1. The quantitative estimate of drug-likeness (QED) is 0.289. The van der Waals surface area contributed by atoms with Crippen molar-refractivity contribution in [1.29, 1.82) is 0 Å². The van der Waals surface area contributed by atoms with Gasteiger partial charge in [-0.25, -0.2) is 4.79 Å². The number of thioether (sulfide) groups is 1. The minimum Gasteiger partial charge on any atom is -0.452 e. The monoisotopic (exact) mass is 433 g/mol. The van der Waals surface area contributed by atoms with E-state index in [4.69, 9.17) is 4.74 Å². The zero-order chi connectivity index (χ0) is 20.9. The molecule has 1 heterocycles. The molecule has 0 saturated carbocycles. The summed E-state index contributed by atoms with van der Waals surface area (Å²) in [5.41, 5.74) is 2.49. The molecule has 4 nitrogen and oxygen atoms in total. The van der Waals surface area contributed by atoms with Crippen molar-refractivity contribution in [3.05, 3.63) is 84.4 Å². The number of benzene rings is 3. The number of rotatable bonds is 5. The summed E-state index contributed by atoms with van der Waals surface area (Å²) in [6.45, 7) is -0.331. The maximum absolute atomic E-state index is 13.0. The van der Waals surface area contributed by atoms with Gasteiger partial charge in [-0.3, -0.25) is 9.69 Å². The van der Waals surface area contributed by atoms with E-state index in [1.54, 1.807) is 34.5 Å². The molecule has 0 aliphatic carbocycles. The van der Waals surface area contributed by atoms with Gasteiger partial charge in [0.1, 0.15) is 0 Å². The summed E-state index contributed by atoms with van der Waals surface area (Å²) in [5.74, 6) is -0.841. The summed E-state index contributed by atoms with van der Waals surface area (Å²) in [4.78, 5) is 29.9. The number of para-hydroxylation sites is 2. The Kier molecular flexibility index (Phi) is 6.26. The number of hydrogen-bond donors (Lipinski definition) is 0. The lowest BCUT2D eigenvalue weighted by Gasteiger charge is -2.30. The fourth-order valence-electron chi connectivity index (χ4n) is 3.10. The highest BCUT2D eigenvalue weighted by atomic mass is 32.2. The van der Waals surface area contributed by atoms with Gasteiger partial charge in [-0.1, -0.05) is 48.2 Å². The Morgan fingerprint density at radius 1 is 0.933 bits per heavy atom. The lowest BCUT2D eigenvalue weighted by molar-refractivity contribution is -0.142. The van der Waals surface area contributed by atoms with Gasteiger partial charge in [0.05, 0.1) is 11.4 Å². The van der Waals surface area contributed by atoms with E-state index < -0.39 is 5.97 Å². The van der Waals surface area contributed by atoms with E-state index in [2.05, 4.69) is 0 Å². The summed E-state index contributed by atoms with van der Waals surface area (Å²) in [5, 5.41) is 0. The molecule has 0 atom stereocenters. The van der Waals surface area contributed by atoms with E-state index in [-0.39, 0.29) is 12.5 Å². The molecule has 1 amide bonds. The van der Waals surface area contributed by atoms with Crippen molar-refractivity contribution in [2.75, 3.05) is 17.8 Å². The third kappa shape index (κ3) is 4.45. The highest BCUT2D eigenvalue weighted by Gasteiger charge is 2.28. The largest absolute Gasteiger partial charge is 0.452 e. The molecule has 0 bridgehead atoms. The fraction of sp³-hybridized carbons (Fsp3) is 0.0833. The van der Waals surface area contributed by atoms with Gasteiger partial charge in [0.2, 0.25) is 0 Å². The maximum atomic E-state index is 13.0. The van der Waals surface area contributed by atoms with Gasteiger partial charge in [0.25, 0.3) is 5.91 Å². The first-order chi connectivity index (χ1) is 14.7. The Labute approximate surface area is 183 Å². The van der Waals surface area contributed by atoms with Gasteiger partial charge in [-0.05, 0) is 54.3 Å². The Hall–Kier alpha value is -2.96. The average Bonchev–Trinajstić information content (AvgIpc) is 2.79. The predicted octanol–water partition coefficient (Wildman–Crippen LogP) is 5.79. The summed E-state index contributed by atoms with van der Waals surface area (Å²) in [6.07, 6.45) is 5.03. The van der Waals surface area contributed by atoms with Gasteiger partial charge < -0.3 is 4.74 Å². The van der Waals surface area contributed by atoms with Crippen molar-refractivity contribution in [1.82, 2.24) is 0 Å². The second kappa shape index (κ2) is 9.24. The van der Waals surface area contributed by atoms with Crippen LogP contribution in [0.25, 0.3) is 6.08 Å². The van der Waals surface area contributed by atoms with Crippen molar-refractivity contribution in [2.24, 2.45) is 0 Å². The van der Waals surface area contributed by atoms with Crippen LogP contribution in [0.5, 0.6) is 0 Å². The second-order valence-electron chi connectivity index (χ2n) is 6.48. The zero-order valence-electron chi connectivity index (χ0n) is 16.3. The number of hydrogen-bond acceptors (Lipinski definition) is 5. The van der Waals surface area contributed by atoms with Crippen LogP contribution < -0.4 is 4.90 Å². The normalized spacial score (nSPS) is 12.4. The van der Waals surface area contributed by atoms with Gasteiger partial charge in [0, 0.05) is 20.8 Å². The van der Waals surface area contributed by atoms with E-state index in [1.165, 1.54) is 6.08 Å². The molecular weight excluding hydrogens is 414 g/mol. The Morgan fingerprint density at radius 2 is 1.53 bits per heavy atom. The molecule has 4 rings (SSSR count). The van der Waals surface area contributed by atoms with Crippen LogP contribution in [0, 0.1) is 0 Å². The summed E-state index contributed by atoms with van der Waals surface area (Å²) >= 11 is 3.28. The maximum Gasteiger partial charge on any atom is 0.331 e. The lowest BCUT2D eigenvalue weighted by atomic mass is 10.2. The molecule has 0 fully saturated rings. The molecule has 0 unspecified atom stereocenters. The number of carbonyl (C=O) groups is 2. The van der Waals surface area contributed by atoms with E-state index in [0.29, 0.717) is 0 Å². The highest BCUT2D eigenvalue weighted by molar-refractivity contribution is 7.99.